The van der Waals surface area contributed by atoms with E-state index >= 15 is 0 Å². The molecule has 2 rings (SSSR count). The average Bonchev–Trinajstić information content (AvgIpc) is 2.27. The van der Waals surface area contributed by atoms with Crippen LogP contribution in [0, 0.1) is 0 Å². The van der Waals surface area contributed by atoms with E-state index in [0.29, 0.717) is 30.4 Å². The van der Waals surface area contributed by atoms with Crippen molar-refractivity contribution in [2.75, 3.05) is 30.8 Å². The summed E-state index contributed by atoms with van der Waals surface area (Å²) in [6, 6.07) is 5.14. The fraction of sp³-hybridized carbons (Fsp3) is 0.400. The molecule has 0 atom stereocenters. The van der Waals surface area contributed by atoms with Crippen LogP contribution in [0.2, 0.25) is 0 Å². The molecule has 0 radical (unpaired) electrons. The zero-order valence-electron chi connectivity index (χ0n) is 9.39. The third-order valence-electron chi connectivity index (χ3n) is 2.22. The maximum atomic E-state index is 12.3. The number of anilines is 1. The van der Waals surface area contributed by atoms with Gasteiger partial charge in [0.15, 0.2) is 11.5 Å². The van der Waals surface area contributed by atoms with E-state index < -0.39 is 16.0 Å². The average molecular weight is 298 g/mol. The molecule has 0 saturated heterocycles. The Morgan fingerprint density at radius 1 is 1.22 bits per heavy atom. The first-order valence-corrected chi connectivity index (χ1v) is 6.66. The monoisotopic (exact) mass is 297 g/mol. The van der Waals surface area contributed by atoms with Crippen LogP contribution in [0.25, 0.3) is 0 Å². The summed E-state index contributed by atoms with van der Waals surface area (Å²) in [5.41, 5.74) is 0.665. The minimum atomic E-state index is -4.43. The number of fused-ring (bicyclic) bond motifs is 1. The molecule has 1 N–H and O–H groups in total. The Balaban J connectivity index is 0.00000162. The molecular weight excluding hydrogens is 285 g/mol. The molecule has 0 unspecified atom stereocenters. The van der Waals surface area contributed by atoms with E-state index in [1.54, 1.807) is 18.2 Å². The fourth-order valence-corrected chi connectivity index (χ4v) is 1.82. The van der Waals surface area contributed by atoms with Crippen LogP contribution in [0.3, 0.4) is 0 Å². The number of hydrogen-bond acceptors (Lipinski definition) is 5. The molecule has 0 aliphatic carbocycles. The van der Waals surface area contributed by atoms with E-state index in [0.717, 1.165) is 0 Å². The SMILES string of the molecule is Cl.O=S(=O)(F)CCNc1ccc2c(c1)OCCO2. The molecule has 1 aromatic rings. The second-order valence-electron chi connectivity index (χ2n) is 3.53. The van der Waals surface area contributed by atoms with E-state index in [-0.39, 0.29) is 19.0 Å². The van der Waals surface area contributed by atoms with Gasteiger partial charge in [-0.25, -0.2) is 0 Å². The van der Waals surface area contributed by atoms with Gasteiger partial charge in [-0.1, -0.05) is 0 Å². The molecule has 0 spiro atoms. The lowest BCUT2D eigenvalue weighted by Gasteiger charge is -2.19. The molecular formula is C10H13ClFNO4S. The molecule has 18 heavy (non-hydrogen) atoms. The van der Waals surface area contributed by atoms with Crippen LogP contribution in [0.4, 0.5) is 9.57 Å². The summed E-state index contributed by atoms with van der Waals surface area (Å²) in [6.45, 7) is 1.01. The fourth-order valence-electron chi connectivity index (χ4n) is 1.47. The largest absolute Gasteiger partial charge is 0.486 e. The molecule has 5 nitrogen and oxygen atoms in total. The van der Waals surface area contributed by atoms with Crippen LogP contribution in [0.5, 0.6) is 11.5 Å². The quantitative estimate of drug-likeness (QED) is 0.855. The zero-order chi connectivity index (χ0) is 12.3. The van der Waals surface area contributed by atoms with E-state index in [1.807, 2.05) is 0 Å². The second-order valence-corrected chi connectivity index (χ2v) is 5.01. The Kier molecular flexibility index (Phi) is 5.03. The third kappa shape index (κ3) is 4.23. The van der Waals surface area contributed by atoms with Gasteiger partial charge in [0, 0.05) is 18.3 Å². The van der Waals surface area contributed by atoms with Gasteiger partial charge in [-0.3, -0.25) is 0 Å². The summed E-state index contributed by atoms with van der Waals surface area (Å²) in [7, 11) is -4.43. The van der Waals surface area contributed by atoms with Gasteiger partial charge >= 0.3 is 10.2 Å². The molecule has 1 aliphatic heterocycles. The Hall–Kier alpha value is -1.21. The summed E-state index contributed by atoms with van der Waals surface area (Å²) in [6.07, 6.45) is 0. The van der Waals surface area contributed by atoms with Gasteiger partial charge < -0.3 is 14.8 Å². The van der Waals surface area contributed by atoms with E-state index in [4.69, 9.17) is 9.47 Å². The van der Waals surface area contributed by atoms with Crippen molar-refractivity contribution in [3.05, 3.63) is 18.2 Å². The number of ether oxygens (including phenoxy) is 2. The van der Waals surface area contributed by atoms with Crippen molar-refractivity contribution in [3.8, 4) is 11.5 Å². The zero-order valence-corrected chi connectivity index (χ0v) is 11.0. The number of nitrogens with one attached hydrogen (secondary N) is 1. The van der Waals surface area contributed by atoms with Crippen LogP contribution in [0.1, 0.15) is 0 Å². The van der Waals surface area contributed by atoms with Crippen molar-refractivity contribution < 1.29 is 21.8 Å². The highest BCUT2D eigenvalue weighted by atomic mass is 35.5. The van der Waals surface area contributed by atoms with Gasteiger partial charge in [0.25, 0.3) is 0 Å². The van der Waals surface area contributed by atoms with Crippen molar-refractivity contribution in [3.63, 3.8) is 0 Å². The third-order valence-corrected chi connectivity index (χ3v) is 2.91. The van der Waals surface area contributed by atoms with Crippen LogP contribution in [0.15, 0.2) is 18.2 Å². The van der Waals surface area contributed by atoms with Crippen LogP contribution >= 0.6 is 12.4 Å². The van der Waals surface area contributed by atoms with Crippen LogP contribution < -0.4 is 14.8 Å². The topological polar surface area (TPSA) is 64.6 Å². The summed E-state index contributed by atoms with van der Waals surface area (Å²) in [4.78, 5) is 0. The van der Waals surface area contributed by atoms with Gasteiger partial charge in [0.1, 0.15) is 13.2 Å². The molecule has 1 aromatic carbocycles. The molecule has 1 heterocycles. The van der Waals surface area contributed by atoms with Crippen molar-refractivity contribution in [1.29, 1.82) is 0 Å². The Morgan fingerprint density at radius 2 is 1.89 bits per heavy atom. The molecule has 8 heteroatoms. The molecule has 0 bridgehead atoms. The minimum absolute atomic E-state index is 0. The lowest BCUT2D eigenvalue weighted by molar-refractivity contribution is 0.171. The first-order valence-electron chi connectivity index (χ1n) is 5.10. The van der Waals surface area contributed by atoms with Gasteiger partial charge in [-0.05, 0) is 12.1 Å². The molecule has 0 fully saturated rings. The molecule has 0 amide bonds. The summed E-state index contributed by atoms with van der Waals surface area (Å²) in [5, 5.41) is 2.80. The highest BCUT2D eigenvalue weighted by Gasteiger charge is 2.12. The van der Waals surface area contributed by atoms with E-state index in [2.05, 4.69) is 5.32 Å². The predicted molar refractivity (Wildman–Crippen MR) is 68.1 cm³/mol. The molecule has 0 aromatic heterocycles. The van der Waals surface area contributed by atoms with Gasteiger partial charge in [0.05, 0.1) is 5.75 Å². The standard InChI is InChI=1S/C10H12FNO4S.ClH/c11-17(13,14)6-3-12-8-1-2-9-10(7-8)16-5-4-15-9;/h1-2,7,12H,3-6H2;1H. The number of hydrogen-bond donors (Lipinski definition) is 1. The van der Waals surface area contributed by atoms with E-state index in [1.165, 1.54) is 0 Å². The Bertz CT molecular complexity index is 509. The van der Waals surface area contributed by atoms with Gasteiger partial charge in [-0.2, -0.15) is 8.42 Å². The summed E-state index contributed by atoms with van der Waals surface area (Å²) < 4.78 is 43.5. The highest BCUT2D eigenvalue weighted by Crippen LogP contribution is 2.32. The minimum Gasteiger partial charge on any atom is -0.486 e. The summed E-state index contributed by atoms with van der Waals surface area (Å²) >= 11 is 0. The Labute approximate surface area is 111 Å². The summed E-state index contributed by atoms with van der Waals surface area (Å²) in [5.74, 6) is 0.700. The lowest BCUT2D eigenvalue weighted by Crippen LogP contribution is -2.16. The first kappa shape index (κ1) is 14.8. The maximum absolute atomic E-state index is 12.3. The highest BCUT2D eigenvalue weighted by molar-refractivity contribution is 7.86. The Morgan fingerprint density at radius 3 is 2.56 bits per heavy atom. The van der Waals surface area contributed by atoms with Crippen molar-refractivity contribution in [2.24, 2.45) is 0 Å². The smallest absolute Gasteiger partial charge is 0.304 e. The molecule has 1 aliphatic rings. The molecule has 102 valence electrons. The first-order chi connectivity index (χ1) is 8.04. The number of rotatable bonds is 4. The van der Waals surface area contributed by atoms with Gasteiger partial charge in [-0.15, -0.1) is 16.3 Å². The van der Waals surface area contributed by atoms with Crippen molar-refractivity contribution in [1.82, 2.24) is 0 Å². The second kappa shape index (κ2) is 6.10. The van der Waals surface area contributed by atoms with Gasteiger partial charge in [0.2, 0.25) is 0 Å². The molecule has 0 saturated carbocycles. The maximum Gasteiger partial charge on any atom is 0.304 e. The predicted octanol–water partition coefficient (Wildman–Crippen LogP) is 1.59. The van der Waals surface area contributed by atoms with Crippen molar-refractivity contribution >= 4 is 28.3 Å². The van der Waals surface area contributed by atoms with E-state index in [9.17, 15) is 12.3 Å². The number of benzene rings is 1. The van der Waals surface area contributed by atoms with Crippen LogP contribution in [-0.2, 0) is 10.2 Å². The van der Waals surface area contributed by atoms with Crippen LogP contribution in [-0.4, -0.2) is 33.9 Å². The lowest BCUT2D eigenvalue weighted by atomic mass is 10.2. The van der Waals surface area contributed by atoms with Crippen molar-refractivity contribution in [2.45, 2.75) is 0 Å². The normalized spacial score (nSPS) is 13.6. The number of halogens is 2.